The second kappa shape index (κ2) is 2.57. The number of nitrogens with zero attached hydrogens (tertiary/aromatic N) is 1. The largest absolute Gasteiger partial charge is 0.618 e. The molecule has 58 valence electrons. The summed E-state index contributed by atoms with van der Waals surface area (Å²) in [6.07, 6.45) is 1.27. The Labute approximate surface area is 63.3 Å². The van der Waals surface area contributed by atoms with Gasteiger partial charge in [-0.1, -0.05) is 0 Å². The van der Waals surface area contributed by atoms with Crippen molar-refractivity contribution in [2.75, 3.05) is 0 Å². The molecule has 1 rings (SSSR count). The molecule has 0 amide bonds. The van der Waals surface area contributed by atoms with E-state index < -0.39 is 5.97 Å². The number of rotatable bonds is 1. The number of carboxylic acids is 1. The minimum Gasteiger partial charge on any atom is -0.618 e. The molecule has 0 spiro atoms. The second-order valence-corrected chi connectivity index (χ2v) is 2.14. The fourth-order valence-electron chi connectivity index (χ4n) is 0.795. The van der Waals surface area contributed by atoms with Crippen LogP contribution in [0.2, 0.25) is 0 Å². The smallest absolute Gasteiger partial charge is 0.342 e. The molecule has 4 nitrogen and oxygen atoms in total. The number of aromatic carboxylic acids is 1. The molecule has 0 unspecified atom stereocenters. The van der Waals surface area contributed by atoms with Gasteiger partial charge in [0, 0.05) is 13.0 Å². The molecular weight excluding hydrogens is 146 g/mol. The maximum absolute atomic E-state index is 10.8. The monoisotopic (exact) mass is 153 g/mol. The molecule has 0 saturated carbocycles. The normalized spacial score (nSPS) is 9.55. The van der Waals surface area contributed by atoms with Gasteiger partial charge in [0.05, 0.1) is 0 Å². The van der Waals surface area contributed by atoms with Crippen molar-refractivity contribution in [2.24, 2.45) is 0 Å². The Bertz CT molecular complexity index is 296. The van der Waals surface area contributed by atoms with E-state index in [1.54, 1.807) is 0 Å². The van der Waals surface area contributed by atoms with Crippen LogP contribution in [-0.4, -0.2) is 11.1 Å². The van der Waals surface area contributed by atoms with Gasteiger partial charge >= 0.3 is 5.97 Å². The summed E-state index contributed by atoms with van der Waals surface area (Å²) in [5, 5.41) is 19.3. The molecule has 0 bridgehead atoms. The Morgan fingerprint density at radius 3 is 2.82 bits per heavy atom. The minimum atomic E-state index is -1.08. The van der Waals surface area contributed by atoms with Gasteiger partial charge in [0.15, 0.2) is 6.20 Å². The first-order valence-corrected chi connectivity index (χ1v) is 3.05. The zero-order chi connectivity index (χ0) is 8.43. The van der Waals surface area contributed by atoms with E-state index in [9.17, 15) is 10.0 Å². The van der Waals surface area contributed by atoms with Crippen LogP contribution in [0.5, 0.6) is 0 Å². The van der Waals surface area contributed by atoms with Crippen LogP contribution in [0.15, 0.2) is 18.3 Å². The second-order valence-electron chi connectivity index (χ2n) is 2.14. The molecule has 0 atom stereocenters. The Morgan fingerprint density at radius 1 is 1.73 bits per heavy atom. The molecule has 11 heavy (non-hydrogen) atoms. The van der Waals surface area contributed by atoms with Gasteiger partial charge in [-0.3, -0.25) is 0 Å². The van der Waals surface area contributed by atoms with E-state index in [0.717, 1.165) is 0 Å². The lowest BCUT2D eigenvalue weighted by Gasteiger charge is -2.01. The molecule has 0 aliphatic heterocycles. The lowest BCUT2D eigenvalue weighted by atomic mass is 10.2. The van der Waals surface area contributed by atoms with Gasteiger partial charge in [0.25, 0.3) is 0 Å². The third-order valence-electron chi connectivity index (χ3n) is 1.44. The predicted octanol–water partition coefficient (Wildman–Crippen LogP) is 0.327. The molecule has 0 aliphatic carbocycles. The number of carbonyl (C=O) groups is 1. The molecule has 0 aromatic carbocycles. The summed E-state index contributed by atoms with van der Waals surface area (Å²) in [5.41, 5.74) is 0.252. The molecule has 1 N–H and O–H groups in total. The molecule has 1 aromatic heterocycles. The van der Waals surface area contributed by atoms with Crippen LogP contribution >= 0.6 is 0 Å². The summed E-state index contributed by atoms with van der Waals surface area (Å²) in [6.45, 7) is 1.47. The highest BCUT2D eigenvalue weighted by Gasteiger charge is 2.12. The quantitative estimate of drug-likeness (QED) is 0.467. The molecule has 0 aliphatic rings. The van der Waals surface area contributed by atoms with Crippen molar-refractivity contribution in [1.82, 2.24) is 0 Å². The summed E-state index contributed by atoms with van der Waals surface area (Å²) in [7, 11) is 0. The highest BCUT2D eigenvalue weighted by molar-refractivity contribution is 5.88. The molecule has 4 heteroatoms. The maximum Gasteiger partial charge on any atom is 0.342 e. The zero-order valence-corrected chi connectivity index (χ0v) is 5.94. The average Bonchev–Trinajstić information content (AvgIpc) is 1.94. The summed E-state index contributed by atoms with van der Waals surface area (Å²) in [6, 6.07) is 2.80. The summed E-state index contributed by atoms with van der Waals surface area (Å²) in [4.78, 5) is 10.4. The van der Waals surface area contributed by atoms with Crippen LogP contribution in [0, 0.1) is 12.1 Å². The summed E-state index contributed by atoms with van der Waals surface area (Å²) in [5.74, 6) is -1.08. The van der Waals surface area contributed by atoms with Crippen LogP contribution in [0.4, 0.5) is 0 Å². The topological polar surface area (TPSA) is 64.2 Å². The van der Waals surface area contributed by atoms with Crippen LogP contribution in [0.1, 0.15) is 16.1 Å². The first kappa shape index (κ1) is 7.53. The lowest BCUT2D eigenvalue weighted by molar-refractivity contribution is -0.612. The van der Waals surface area contributed by atoms with E-state index in [0.29, 0.717) is 4.73 Å². The van der Waals surface area contributed by atoms with Gasteiger partial charge in [-0.25, -0.2) is 4.79 Å². The zero-order valence-electron chi connectivity index (χ0n) is 5.94. The summed E-state index contributed by atoms with van der Waals surface area (Å²) >= 11 is 0. The van der Waals surface area contributed by atoms with Gasteiger partial charge in [-0.15, -0.1) is 0 Å². The molecule has 1 heterocycles. The first-order valence-electron chi connectivity index (χ1n) is 3.05. The van der Waals surface area contributed by atoms with Crippen LogP contribution in [0.25, 0.3) is 0 Å². The van der Waals surface area contributed by atoms with Crippen molar-refractivity contribution in [1.29, 1.82) is 0 Å². The van der Waals surface area contributed by atoms with E-state index in [1.165, 1.54) is 25.3 Å². The van der Waals surface area contributed by atoms with E-state index in [1.807, 2.05) is 0 Å². The molecule has 0 fully saturated rings. The van der Waals surface area contributed by atoms with Gasteiger partial charge in [0.1, 0.15) is 5.56 Å². The van der Waals surface area contributed by atoms with Crippen LogP contribution in [0.3, 0.4) is 0 Å². The molecule has 1 aromatic rings. The van der Waals surface area contributed by atoms with E-state index in [-0.39, 0.29) is 11.3 Å². The Hall–Kier alpha value is -1.58. The molecule has 0 saturated heterocycles. The Balaban J connectivity index is 3.27. The minimum absolute atomic E-state index is 0.0440. The number of hydrogen-bond donors (Lipinski definition) is 1. The first-order chi connectivity index (χ1) is 5.13. The maximum atomic E-state index is 10.8. The highest BCUT2D eigenvalue weighted by Crippen LogP contribution is 2.00. The van der Waals surface area contributed by atoms with Gasteiger partial charge in [-0.2, -0.15) is 4.73 Å². The SMILES string of the molecule is Cc1c(C(=O)O)ccc[n+]1[O-]. The van der Waals surface area contributed by atoms with Crippen molar-refractivity contribution in [2.45, 2.75) is 6.92 Å². The van der Waals surface area contributed by atoms with Gasteiger partial charge < -0.3 is 10.3 Å². The number of pyridine rings is 1. The fourth-order valence-corrected chi connectivity index (χ4v) is 0.795. The van der Waals surface area contributed by atoms with Gasteiger partial charge in [0.2, 0.25) is 5.69 Å². The summed E-state index contributed by atoms with van der Waals surface area (Å²) < 4.78 is 0.531. The average molecular weight is 153 g/mol. The number of hydrogen-bond acceptors (Lipinski definition) is 2. The van der Waals surface area contributed by atoms with Crippen LogP contribution < -0.4 is 4.73 Å². The van der Waals surface area contributed by atoms with Crippen molar-refractivity contribution in [3.8, 4) is 0 Å². The molecular formula is C7H7NO3. The third kappa shape index (κ3) is 1.29. The third-order valence-corrected chi connectivity index (χ3v) is 1.44. The lowest BCUT2D eigenvalue weighted by Crippen LogP contribution is -2.31. The number of carboxylic acid groups (broad SMARTS) is 1. The van der Waals surface area contributed by atoms with Crippen molar-refractivity contribution in [3.63, 3.8) is 0 Å². The fraction of sp³-hybridized carbons (Fsp3) is 0.143. The van der Waals surface area contributed by atoms with Crippen molar-refractivity contribution in [3.05, 3.63) is 34.8 Å². The van der Waals surface area contributed by atoms with E-state index >= 15 is 0 Å². The highest BCUT2D eigenvalue weighted by atomic mass is 16.5. The Kier molecular flexibility index (Phi) is 1.76. The van der Waals surface area contributed by atoms with E-state index in [4.69, 9.17) is 5.11 Å². The predicted molar refractivity (Wildman–Crippen MR) is 37.1 cm³/mol. The standard InChI is InChI=1S/C7H7NO3/c1-5-6(7(9)10)3-2-4-8(5)11/h2-4H,1H3,(H,9,10). The van der Waals surface area contributed by atoms with Gasteiger partial charge in [-0.05, 0) is 6.07 Å². The van der Waals surface area contributed by atoms with Crippen molar-refractivity contribution < 1.29 is 14.6 Å². The Morgan fingerprint density at radius 2 is 2.36 bits per heavy atom. The van der Waals surface area contributed by atoms with E-state index in [2.05, 4.69) is 0 Å². The molecule has 0 radical (unpaired) electrons. The van der Waals surface area contributed by atoms with Crippen molar-refractivity contribution >= 4 is 5.97 Å². The van der Waals surface area contributed by atoms with Crippen LogP contribution in [-0.2, 0) is 0 Å². The number of aromatic nitrogens is 1.